The average molecular weight is 210 g/mol. The molecule has 0 bridgehead atoms. The molecule has 3 nitrogen and oxygen atoms in total. The van der Waals surface area contributed by atoms with Gasteiger partial charge in [0.05, 0.1) is 6.61 Å². The van der Waals surface area contributed by atoms with Crippen LogP contribution in [0, 0.1) is 11.3 Å². The van der Waals surface area contributed by atoms with E-state index in [0.717, 1.165) is 18.5 Å². The van der Waals surface area contributed by atoms with Crippen molar-refractivity contribution in [2.75, 3.05) is 6.61 Å². The smallest absolute Gasteiger partial charge is 0.163 e. The van der Waals surface area contributed by atoms with E-state index in [1.165, 1.54) is 0 Å². The van der Waals surface area contributed by atoms with Crippen molar-refractivity contribution in [2.45, 2.75) is 33.6 Å². The van der Waals surface area contributed by atoms with E-state index < -0.39 is 0 Å². The lowest BCUT2D eigenvalue weighted by atomic mass is 9.69. The Morgan fingerprint density at radius 1 is 1.60 bits per heavy atom. The fraction of sp³-hybridized carbons (Fsp3) is 0.667. The second kappa shape index (κ2) is 4.60. The van der Waals surface area contributed by atoms with Gasteiger partial charge in [-0.15, -0.1) is 0 Å². The van der Waals surface area contributed by atoms with Gasteiger partial charge in [0.25, 0.3) is 0 Å². The third-order valence-corrected chi connectivity index (χ3v) is 2.88. The van der Waals surface area contributed by atoms with Crippen LogP contribution in [0.3, 0.4) is 0 Å². The number of ketones is 1. The van der Waals surface area contributed by atoms with E-state index >= 15 is 0 Å². The highest BCUT2D eigenvalue weighted by Gasteiger charge is 2.38. The van der Waals surface area contributed by atoms with Gasteiger partial charge in [0.1, 0.15) is 12.0 Å². The summed E-state index contributed by atoms with van der Waals surface area (Å²) in [5.41, 5.74) is -0.183. The Hall–Kier alpha value is -1.12. The van der Waals surface area contributed by atoms with Crippen LogP contribution in [0.25, 0.3) is 0 Å². The van der Waals surface area contributed by atoms with E-state index in [1.54, 1.807) is 6.08 Å². The van der Waals surface area contributed by atoms with Gasteiger partial charge < -0.3 is 9.53 Å². The van der Waals surface area contributed by atoms with Crippen molar-refractivity contribution in [3.8, 4) is 0 Å². The first-order valence-corrected chi connectivity index (χ1v) is 5.32. The van der Waals surface area contributed by atoms with Gasteiger partial charge in [-0.05, 0) is 12.3 Å². The van der Waals surface area contributed by atoms with Crippen molar-refractivity contribution in [3.05, 3.63) is 11.8 Å². The number of hydrogen-bond donors (Lipinski definition) is 0. The molecule has 0 N–H and O–H groups in total. The Morgan fingerprint density at radius 3 is 2.73 bits per heavy atom. The maximum Gasteiger partial charge on any atom is 0.163 e. The summed E-state index contributed by atoms with van der Waals surface area (Å²) in [6.07, 6.45) is 3.40. The van der Waals surface area contributed by atoms with Crippen LogP contribution in [0.1, 0.15) is 33.6 Å². The number of rotatable bonds is 4. The zero-order valence-electron chi connectivity index (χ0n) is 9.58. The molecule has 0 aromatic rings. The van der Waals surface area contributed by atoms with Crippen molar-refractivity contribution in [1.29, 1.82) is 0 Å². The predicted molar refractivity (Wildman–Crippen MR) is 57.3 cm³/mol. The lowest BCUT2D eigenvalue weighted by Crippen LogP contribution is -2.35. The highest BCUT2D eigenvalue weighted by Crippen LogP contribution is 2.40. The molecule has 0 heterocycles. The van der Waals surface area contributed by atoms with E-state index in [4.69, 9.17) is 4.74 Å². The third kappa shape index (κ3) is 2.67. The number of carbonyl (C=O) groups is 2. The molecule has 0 saturated heterocycles. The van der Waals surface area contributed by atoms with Gasteiger partial charge in [0.2, 0.25) is 0 Å². The number of aldehydes is 1. The highest BCUT2D eigenvalue weighted by atomic mass is 16.5. The molecule has 1 aliphatic rings. The molecule has 0 amide bonds. The summed E-state index contributed by atoms with van der Waals surface area (Å²) in [5, 5.41) is 0. The molecule has 3 heteroatoms. The number of ether oxygens (including phenoxy) is 1. The van der Waals surface area contributed by atoms with Crippen molar-refractivity contribution in [2.24, 2.45) is 11.3 Å². The average Bonchev–Trinajstić information content (AvgIpc) is 2.11. The molecule has 1 unspecified atom stereocenters. The molecule has 15 heavy (non-hydrogen) atoms. The fourth-order valence-electron chi connectivity index (χ4n) is 2.08. The summed E-state index contributed by atoms with van der Waals surface area (Å²) in [5.74, 6) is 0.565. The Labute approximate surface area is 90.5 Å². The number of carbonyl (C=O) groups excluding carboxylic acids is 2. The maximum absolute atomic E-state index is 11.8. The lowest BCUT2D eigenvalue weighted by molar-refractivity contribution is -0.126. The first-order valence-electron chi connectivity index (χ1n) is 5.32. The van der Waals surface area contributed by atoms with Gasteiger partial charge in [-0.2, -0.15) is 0 Å². The van der Waals surface area contributed by atoms with Gasteiger partial charge in [-0.25, -0.2) is 0 Å². The number of hydrogen-bond acceptors (Lipinski definition) is 3. The Bertz CT molecular complexity index is 289. The van der Waals surface area contributed by atoms with Crippen LogP contribution in [-0.4, -0.2) is 18.7 Å². The van der Waals surface area contributed by atoms with Crippen molar-refractivity contribution in [3.63, 3.8) is 0 Å². The topological polar surface area (TPSA) is 43.4 Å². The van der Waals surface area contributed by atoms with E-state index in [9.17, 15) is 9.59 Å². The molecular weight excluding hydrogens is 192 g/mol. The van der Waals surface area contributed by atoms with E-state index in [-0.39, 0.29) is 17.1 Å². The number of allylic oxidation sites excluding steroid dienone is 2. The van der Waals surface area contributed by atoms with Crippen LogP contribution >= 0.6 is 0 Å². The predicted octanol–water partition coefficient (Wildman–Crippen LogP) is 2.11. The van der Waals surface area contributed by atoms with Crippen LogP contribution in [0.4, 0.5) is 0 Å². The van der Waals surface area contributed by atoms with Crippen LogP contribution in [0.2, 0.25) is 0 Å². The molecule has 0 saturated carbocycles. The molecule has 1 atom stereocenters. The lowest BCUT2D eigenvalue weighted by Gasteiger charge is -2.35. The molecule has 0 aliphatic heterocycles. The minimum absolute atomic E-state index is 0.0156. The van der Waals surface area contributed by atoms with Gasteiger partial charge >= 0.3 is 0 Å². The minimum Gasteiger partial charge on any atom is -0.498 e. The van der Waals surface area contributed by atoms with Gasteiger partial charge in [-0.1, -0.05) is 13.8 Å². The summed E-state index contributed by atoms with van der Waals surface area (Å²) in [6.45, 7) is 6.49. The molecule has 0 aromatic heterocycles. The first-order chi connectivity index (χ1) is 7.01. The van der Waals surface area contributed by atoms with Gasteiger partial charge in [0.15, 0.2) is 5.78 Å². The van der Waals surface area contributed by atoms with Crippen LogP contribution in [0.15, 0.2) is 11.8 Å². The second-order valence-corrected chi connectivity index (χ2v) is 4.57. The van der Waals surface area contributed by atoms with E-state index in [1.807, 2.05) is 20.8 Å². The summed E-state index contributed by atoms with van der Waals surface area (Å²) < 4.78 is 5.37. The summed E-state index contributed by atoms with van der Waals surface area (Å²) in [7, 11) is 0. The quantitative estimate of drug-likeness (QED) is 0.667. The van der Waals surface area contributed by atoms with Crippen LogP contribution < -0.4 is 0 Å². The minimum atomic E-state index is -0.195. The Kier molecular flexibility index (Phi) is 3.66. The molecule has 1 rings (SSSR count). The molecule has 0 aromatic carbocycles. The molecule has 0 spiro atoms. The van der Waals surface area contributed by atoms with Crippen LogP contribution in [-0.2, 0) is 14.3 Å². The molecule has 0 radical (unpaired) electrons. The van der Waals surface area contributed by atoms with Crippen LogP contribution in [0.5, 0.6) is 0 Å². The Balaban J connectivity index is 2.87. The zero-order valence-corrected chi connectivity index (χ0v) is 9.58. The van der Waals surface area contributed by atoms with Crippen molar-refractivity contribution >= 4 is 12.1 Å². The van der Waals surface area contributed by atoms with Crippen molar-refractivity contribution < 1.29 is 14.3 Å². The summed E-state index contributed by atoms with van der Waals surface area (Å²) >= 11 is 0. The summed E-state index contributed by atoms with van der Waals surface area (Å²) in [6, 6.07) is 0. The second-order valence-electron chi connectivity index (χ2n) is 4.57. The van der Waals surface area contributed by atoms with E-state index in [2.05, 4.69) is 0 Å². The summed E-state index contributed by atoms with van der Waals surface area (Å²) in [4.78, 5) is 22.3. The van der Waals surface area contributed by atoms with E-state index in [0.29, 0.717) is 13.0 Å². The molecule has 0 fully saturated rings. The third-order valence-electron chi connectivity index (χ3n) is 2.88. The zero-order chi connectivity index (χ0) is 11.5. The maximum atomic E-state index is 11.8. The Morgan fingerprint density at radius 2 is 2.27 bits per heavy atom. The first kappa shape index (κ1) is 12.0. The van der Waals surface area contributed by atoms with Gasteiger partial charge in [0, 0.05) is 24.8 Å². The molecule has 84 valence electrons. The largest absolute Gasteiger partial charge is 0.498 e. The highest BCUT2D eigenvalue weighted by molar-refractivity contribution is 5.94. The molecular formula is C12H18O3. The monoisotopic (exact) mass is 210 g/mol. The normalized spacial score (nSPS) is 24.6. The SMILES string of the molecule is CCOC1=CC(=O)C(CC=O)C(C)(C)C1. The fourth-order valence-corrected chi connectivity index (χ4v) is 2.08. The van der Waals surface area contributed by atoms with Crippen molar-refractivity contribution in [1.82, 2.24) is 0 Å². The molecule has 1 aliphatic carbocycles. The standard InChI is InChI=1S/C12H18O3/c1-4-15-9-7-11(14)10(5-6-13)12(2,3)8-9/h6-7,10H,4-5,8H2,1-3H3. The van der Waals surface area contributed by atoms with Gasteiger partial charge in [-0.3, -0.25) is 4.79 Å².